The minimum Gasteiger partial charge on any atom is -0.494 e. The number of ether oxygens (including phenoxy) is 1. The van der Waals surface area contributed by atoms with Crippen LogP contribution in [0.2, 0.25) is 10.0 Å². The summed E-state index contributed by atoms with van der Waals surface area (Å²) < 4.78 is 8.25. The largest absolute Gasteiger partial charge is 0.494 e. The third-order valence-electron chi connectivity index (χ3n) is 4.26. The zero-order valence-electron chi connectivity index (χ0n) is 14.9. The maximum atomic E-state index is 12.9. The highest BCUT2D eigenvalue weighted by Gasteiger charge is 2.20. The summed E-state index contributed by atoms with van der Waals surface area (Å²) in [5.41, 5.74) is 1.39. The number of methoxy groups -OCH3 is 1. The summed E-state index contributed by atoms with van der Waals surface area (Å²) in [6.07, 6.45) is 0. The number of para-hydroxylation sites is 1. The fourth-order valence-corrected chi connectivity index (χ4v) is 3.43. The number of rotatable bonds is 4. The Morgan fingerprint density at radius 3 is 2.26 bits per heavy atom. The van der Waals surface area contributed by atoms with Gasteiger partial charge >= 0.3 is 0 Å². The van der Waals surface area contributed by atoms with Crippen LogP contribution in [0, 0.1) is 6.92 Å². The standard InChI is InChI=1S/C19H17Cl2N3O3/c1-11-16(19(26)24(23(11)2)13-7-5-4-6-8-13)22-18(25)12-9-14(20)17(27-3)15(21)10-12/h4-10H,1-3H3,(H,22,25). The first-order chi connectivity index (χ1) is 12.8. The summed E-state index contributed by atoms with van der Waals surface area (Å²) in [6, 6.07) is 12.0. The molecule has 1 N–H and O–H groups in total. The minimum atomic E-state index is -0.493. The van der Waals surface area contributed by atoms with E-state index in [0.29, 0.717) is 11.4 Å². The number of nitrogens with one attached hydrogen (secondary N) is 1. The molecule has 8 heteroatoms. The third-order valence-corrected chi connectivity index (χ3v) is 4.82. The van der Waals surface area contributed by atoms with E-state index in [0.717, 1.165) is 0 Å². The van der Waals surface area contributed by atoms with Crippen molar-refractivity contribution in [3.63, 3.8) is 0 Å². The van der Waals surface area contributed by atoms with E-state index >= 15 is 0 Å². The van der Waals surface area contributed by atoms with Crippen LogP contribution in [-0.4, -0.2) is 22.4 Å². The lowest BCUT2D eigenvalue weighted by Crippen LogP contribution is -2.23. The van der Waals surface area contributed by atoms with Gasteiger partial charge in [-0.25, -0.2) is 4.68 Å². The van der Waals surface area contributed by atoms with Gasteiger partial charge in [0.05, 0.1) is 28.5 Å². The Kier molecular flexibility index (Phi) is 5.30. The van der Waals surface area contributed by atoms with Crippen LogP contribution in [0.25, 0.3) is 5.69 Å². The van der Waals surface area contributed by atoms with Crippen molar-refractivity contribution in [3.05, 3.63) is 74.1 Å². The molecule has 0 radical (unpaired) electrons. The Hall–Kier alpha value is -2.70. The number of halogens is 2. The van der Waals surface area contributed by atoms with Crippen molar-refractivity contribution >= 4 is 34.8 Å². The van der Waals surface area contributed by atoms with Gasteiger partial charge in [0.25, 0.3) is 11.5 Å². The molecule has 0 aliphatic carbocycles. The summed E-state index contributed by atoms with van der Waals surface area (Å²) in [5.74, 6) is -0.204. The van der Waals surface area contributed by atoms with Gasteiger partial charge in [0.1, 0.15) is 5.69 Å². The number of carbonyl (C=O) groups excluding carboxylic acids is 1. The number of carbonyl (C=O) groups is 1. The molecule has 1 heterocycles. The van der Waals surface area contributed by atoms with Crippen LogP contribution in [0.15, 0.2) is 47.3 Å². The first-order valence-corrected chi connectivity index (χ1v) is 8.79. The van der Waals surface area contributed by atoms with E-state index in [1.165, 1.54) is 23.9 Å². The van der Waals surface area contributed by atoms with Crippen molar-refractivity contribution in [2.24, 2.45) is 7.05 Å². The lowest BCUT2D eigenvalue weighted by molar-refractivity contribution is 0.102. The summed E-state index contributed by atoms with van der Waals surface area (Å²) in [7, 11) is 3.19. The fraction of sp³-hybridized carbons (Fsp3) is 0.158. The highest BCUT2D eigenvalue weighted by Crippen LogP contribution is 2.34. The summed E-state index contributed by atoms with van der Waals surface area (Å²) in [4.78, 5) is 25.5. The average Bonchev–Trinajstić information content (AvgIpc) is 2.85. The molecule has 0 saturated carbocycles. The van der Waals surface area contributed by atoms with Gasteiger partial charge in [-0.3, -0.25) is 14.3 Å². The Morgan fingerprint density at radius 2 is 1.70 bits per heavy atom. The quantitative estimate of drug-likeness (QED) is 0.711. The maximum absolute atomic E-state index is 12.9. The molecule has 0 unspecified atom stereocenters. The van der Waals surface area contributed by atoms with Crippen LogP contribution in [0.3, 0.4) is 0 Å². The predicted octanol–water partition coefficient (Wildman–Crippen LogP) is 4.05. The summed E-state index contributed by atoms with van der Waals surface area (Å²) in [6.45, 7) is 1.75. The van der Waals surface area contributed by atoms with Crippen molar-refractivity contribution < 1.29 is 9.53 Å². The van der Waals surface area contributed by atoms with E-state index in [9.17, 15) is 9.59 Å². The van der Waals surface area contributed by atoms with Gasteiger partial charge < -0.3 is 10.1 Å². The normalized spacial score (nSPS) is 10.7. The number of aromatic nitrogens is 2. The van der Waals surface area contributed by atoms with E-state index < -0.39 is 5.91 Å². The van der Waals surface area contributed by atoms with Gasteiger partial charge in [0, 0.05) is 12.6 Å². The highest BCUT2D eigenvalue weighted by molar-refractivity contribution is 6.37. The fourth-order valence-electron chi connectivity index (χ4n) is 2.78. The lowest BCUT2D eigenvalue weighted by atomic mass is 10.2. The molecule has 2 aromatic carbocycles. The topological polar surface area (TPSA) is 65.3 Å². The molecule has 0 spiro atoms. The molecular weight excluding hydrogens is 389 g/mol. The van der Waals surface area contributed by atoms with Gasteiger partial charge in [0.15, 0.2) is 5.75 Å². The Labute approximate surface area is 165 Å². The lowest BCUT2D eigenvalue weighted by Gasteiger charge is -2.09. The molecule has 0 atom stereocenters. The van der Waals surface area contributed by atoms with E-state index in [-0.39, 0.29) is 32.6 Å². The second kappa shape index (κ2) is 7.50. The Balaban J connectivity index is 2.00. The summed E-state index contributed by atoms with van der Waals surface area (Å²) in [5, 5.41) is 3.09. The van der Waals surface area contributed by atoms with Crippen LogP contribution in [0.5, 0.6) is 5.75 Å². The van der Waals surface area contributed by atoms with Crippen LogP contribution >= 0.6 is 23.2 Å². The molecular formula is C19H17Cl2N3O3. The van der Waals surface area contributed by atoms with Gasteiger partial charge in [-0.1, -0.05) is 41.4 Å². The van der Waals surface area contributed by atoms with Crippen LogP contribution in [0.4, 0.5) is 5.69 Å². The zero-order chi connectivity index (χ0) is 19.7. The molecule has 6 nitrogen and oxygen atoms in total. The van der Waals surface area contributed by atoms with Crippen molar-refractivity contribution in [2.45, 2.75) is 6.92 Å². The molecule has 140 valence electrons. The maximum Gasteiger partial charge on any atom is 0.295 e. The molecule has 3 aromatic rings. The van der Waals surface area contributed by atoms with E-state index in [2.05, 4.69) is 5.32 Å². The minimum absolute atomic E-state index is 0.189. The molecule has 3 rings (SSSR count). The second-order valence-electron chi connectivity index (χ2n) is 5.86. The first kappa shape index (κ1) is 19.1. The van der Waals surface area contributed by atoms with Crippen LogP contribution < -0.4 is 15.6 Å². The first-order valence-electron chi connectivity index (χ1n) is 8.03. The van der Waals surface area contributed by atoms with Crippen LogP contribution in [0.1, 0.15) is 16.1 Å². The van der Waals surface area contributed by atoms with Crippen molar-refractivity contribution in [1.29, 1.82) is 0 Å². The van der Waals surface area contributed by atoms with Gasteiger partial charge in [-0.05, 0) is 31.2 Å². The van der Waals surface area contributed by atoms with Crippen LogP contribution in [-0.2, 0) is 7.05 Å². The predicted molar refractivity (Wildman–Crippen MR) is 107 cm³/mol. The number of amides is 1. The van der Waals surface area contributed by atoms with E-state index in [4.69, 9.17) is 27.9 Å². The van der Waals surface area contributed by atoms with Gasteiger partial charge in [0.2, 0.25) is 0 Å². The second-order valence-corrected chi connectivity index (χ2v) is 6.68. The summed E-state index contributed by atoms with van der Waals surface area (Å²) >= 11 is 12.2. The van der Waals surface area contributed by atoms with Gasteiger partial charge in [-0.15, -0.1) is 0 Å². The molecule has 0 aliphatic heterocycles. The van der Waals surface area contributed by atoms with Crippen molar-refractivity contribution in [2.75, 3.05) is 12.4 Å². The molecule has 0 aliphatic rings. The number of hydrogen-bond donors (Lipinski definition) is 1. The van der Waals surface area contributed by atoms with Crippen molar-refractivity contribution in [1.82, 2.24) is 9.36 Å². The number of hydrogen-bond acceptors (Lipinski definition) is 3. The number of benzene rings is 2. The van der Waals surface area contributed by atoms with Crippen molar-refractivity contribution in [3.8, 4) is 11.4 Å². The molecule has 27 heavy (non-hydrogen) atoms. The number of anilines is 1. The molecule has 1 aromatic heterocycles. The SMILES string of the molecule is COc1c(Cl)cc(C(=O)Nc2c(C)n(C)n(-c3ccccc3)c2=O)cc1Cl. The highest BCUT2D eigenvalue weighted by atomic mass is 35.5. The molecule has 0 bridgehead atoms. The molecule has 1 amide bonds. The van der Waals surface area contributed by atoms with Gasteiger partial charge in [-0.2, -0.15) is 0 Å². The molecule has 0 fully saturated rings. The Bertz CT molecular complexity index is 1050. The van der Waals surface area contributed by atoms with E-state index in [1.807, 2.05) is 30.3 Å². The molecule has 0 saturated heterocycles. The Morgan fingerprint density at radius 1 is 1.11 bits per heavy atom. The monoisotopic (exact) mass is 405 g/mol. The smallest absolute Gasteiger partial charge is 0.295 e. The van der Waals surface area contributed by atoms with E-state index in [1.54, 1.807) is 18.7 Å². The zero-order valence-corrected chi connectivity index (χ0v) is 16.4. The average molecular weight is 406 g/mol. The number of nitrogens with zero attached hydrogens (tertiary/aromatic N) is 2. The third kappa shape index (κ3) is 3.46.